The summed E-state index contributed by atoms with van der Waals surface area (Å²) in [5.41, 5.74) is 5.48. The molecule has 2 nitrogen and oxygen atoms in total. The van der Waals surface area contributed by atoms with Crippen LogP contribution in [0.3, 0.4) is 0 Å². The van der Waals surface area contributed by atoms with Crippen LogP contribution in [0.1, 0.15) is 34.1 Å². The van der Waals surface area contributed by atoms with Gasteiger partial charge in [0.15, 0.2) is 0 Å². The first-order chi connectivity index (χ1) is 5.57. The predicted octanol–water partition coefficient (Wildman–Crippen LogP) is 1.70. The van der Waals surface area contributed by atoms with Crippen molar-refractivity contribution in [3.05, 3.63) is 0 Å². The van der Waals surface area contributed by atoms with Crippen LogP contribution >= 0.6 is 0 Å². The maximum absolute atomic E-state index is 5.48. The van der Waals surface area contributed by atoms with Gasteiger partial charge in [-0.05, 0) is 39.3 Å². The van der Waals surface area contributed by atoms with E-state index in [0.29, 0.717) is 6.04 Å². The molecule has 0 aromatic rings. The maximum Gasteiger partial charge on any atom is 0.00387 e. The van der Waals surface area contributed by atoms with E-state index < -0.39 is 0 Å². The molecule has 0 aromatic heterocycles. The summed E-state index contributed by atoms with van der Waals surface area (Å²) >= 11 is 0. The summed E-state index contributed by atoms with van der Waals surface area (Å²) in [6.45, 7) is 12.2. The lowest BCUT2D eigenvalue weighted by Gasteiger charge is -2.27. The third kappa shape index (κ3) is 5.56. The first-order valence-corrected chi connectivity index (χ1v) is 5.02. The zero-order valence-corrected chi connectivity index (χ0v) is 9.01. The first-order valence-electron chi connectivity index (χ1n) is 5.02. The Hall–Kier alpha value is -0.0800. The van der Waals surface area contributed by atoms with Gasteiger partial charge < -0.3 is 10.6 Å². The molecule has 0 unspecified atom stereocenters. The second-order valence-corrected chi connectivity index (χ2v) is 4.12. The molecule has 0 spiro atoms. The average molecular weight is 172 g/mol. The molecule has 0 atom stereocenters. The summed E-state index contributed by atoms with van der Waals surface area (Å²) in [7, 11) is 0. The van der Waals surface area contributed by atoms with E-state index in [0.717, 1.165) is 25.4 Å². The number of hydrogen-bond acceptors (Lipinski definition) is 2. The Labute approximate surface area is 77.1 Å². The quantitative estimate of drug-likeness (QED) is 0.661. The van der Waals surface area contributed by atoms with Gasteiger partial charge in [0, 0.05) is 12.6 Å². The number of hydrogen-bond donors (Lipinski definition) is 1. The summed E-state index contributed by atoms with van der Waals surface area (Å²) in [6.07, 6.45) is 1.12. The largest absolute Gasteiger partial charge is 0.330 e. The van der Waals surface area contributed by atoms with E-state index in [9.17, 15) is 0 Å². The molecule has 2 heteroatoms. The molecular formula is C10H24N2. The lowest BCUT2D eigenvalue weighted by atomic mass is 10.1. The van der Waals surface area contributed by atoms with E-state index in [-0.39, 0.29) is 0 Å². The molecule has 2 N–H and O–H groups in total. The fraction of sp³-hybridized carbons (Fsp3) is 1.00. The highest BCUT2D eigenvalue weighted by Crippen LogP contribution is 2.04. The van der Waals surface area contributed by atoms with Crippen molar-refractivity contribution in [2.24, 2.45) is 11.7 Å². The van der Waals surface area contributed by atoms with Gasteiger partial charge in [-0.3, -0.25) is 0 Å². The number of nitrogens with two attached hydrogens (primary N) is 1. The molecule has 0 aliphatic rings. The fourth-order valence-electron chi connectivity index (χ4n) is 1.32. The highest BCUT2D eigenvalue weighted by molar-refractivity contribution is 4.64. The second-order valence-electron chi connectivity index (χ2n) is 4.12. The van der Waals surface area contributed by atoms with E-state index in [1.807, 2.05) is 0 Å². The minimum absolute atomic E-state index is 0.652. The van der Waals surface area contributed by atoms with Crippen molar-refractivity contribution >= 4 is 0 Å². The molecule has 12 heavy (non-hydrogen) atoms. The van der Waals surface area contributed by atoms with Crippen molar-refractivity contribution in [1.29, 1.82) is 0 Å². The Morgan fingerprint density at radius 2 is 1.75 bits per heavy atom. The van der Waals surface area contributed by atoms with Gasteiger partial charge in [0.2, 0.25) is 0 Å². The van der Waals surface area contributed by atoms with Gasteiger partial charge in [-0.15, -0.1) is 0 Å². The number of rotatable bonds is 6. The molecule has 0 aliphatic carbocycles. The van der Waals surface area contributed by atoms with Gasteiger partial charge in [-0.2, -0.15) is 0 Å². The van der Waals surface area contributed by atoms with Crippen LogP contribution in [0.25, 0.3) is 0 Å². The Morgan fingerprint density at radius 1 is 1.17 bits per heavy atom. The van der Waals surface area contributed by atoms with Gasteiger partial charge in [-0.1, -0.05) is 13.8 Å². The Bertz CT molecular complexity index is 100. The zero-order valence-electron chi connectivity index (χ0n) is 9.01. The molecule has 0 heterocycles. The van der Waals surface area contributed by atoms with Crippen molar-refractivity contribution < 1.29 is 0 Å². The van der Waals surface area contributed by atoms with Gasteiger partial charge in [0.1, 0.15) is 0 Å². The molecule has 0 aromatic carbocycles. The average Bonchev–Trinajstić information content (AvgIpc) is 1.96. The molecule has 0 radical (unpaired) electrons. The predicted molar refractivity (Wildman–Crippen MR) is 55.2 cm³/mol. The van der Waals surface area contributed by atoms with Crippen LogP contribution in [-0.2, 0) is 0 Å². The van der Waals surface area contributed by atoms with Crippen LogP contribution in [0.5, 0.6) is 0 Å². The zero-order chi connectivity index (χ0) is 9.56. The van der Waals surface area contributed by atoms with E-state index in [2.05, 4.69) is 32.6 Å². The van der Waals surface area contributed by atoms with Crippen LogP contribution in [0.2, 0.25) is 0 Å². The highest BCUT2D eigenvalue weighted by Gasteiger charge is 2.09. The molecule has 0 saturated carbocycles. The topological polar surface area (TPSA) is 29.3 Å². The van der Waals surface area contributed by atoms with Crippen LogP contribution in [0.15, 0.2) is 0 Å². The van der Waals surface area contributed by atoms with Gasteiger partial charge in [0.25, 0.3) is 0 Å². The third-order valence-electron chi connectivity index (χ3n) is 1.98. The molecule has 0 bridgehead atoms. The van der Waals surface area contributed by atoms with E-state index in [1.165, 1.54) is 6.54 Å². The minimum Gasteiger partial charge on any atom is -0.330 e. The van der Waals surface area contributed by atoms with Crippen molar-refractivity contribution in [3.63, 3.8) is 0 Å². The van der Waals surface area contributed by atoms with Crippen LogP contribution in [0.4, 0.5) is 0 Å². The van der Waals surface area contributed by atoms with Crippen molar-refractivity contribution in [2.45, 2.75) is 40.2 Å². The maximum atomic E-state index is 5.48. The highest BCUT2D eigenvalue weighted by atomic mass is 15.1. The molecule has 0 saturated heterocycles. The van der Waals surface area contributed by atoms with Crippen LogP contribution < -0.4 is 5.73 Å². The van der Waals surface area contributed by atoms with Crippen molar-refractivity contribution in [2.75, 3.05) is 19.6 Å². The van der Waals surface area contributed by atoms with Crippen LogP contribution in [-0.4, -0.2) is 30.6 Å². The number of nitrogens with zero attached hydrogens (tertiary/aromatic N) is 1. The molecule has 0 amide bonds. The van der Waals surface area contributed by atoms with E-state index in [4.69, 9.17) is 5.73 Å². The lowest BCUT2D eigenvalue weighted by Crippen LogP contribution is -2.35. The van der Waals surface area contributed by atoms with Gasteiger partial charge in [-0.25, -0.2) is 0 Å². The SMILES string of the molecule is CC(C)CN(CCCN)C(C)C. The lowest BCUT2D eigenvalue weighted by molar-refractivity contribution is 0.196. The molecule has 0 rings (SSSR count). The Balaban J connectivity index is 3.70. The summed E-state index contributed by atoms with van der Waals surface area (Å²) in [5, 5.41) is 0. The molecular weight excluding hydrogens is 148 g/mol. The van der Waals surface area contributed by atoms with Crippen LogP contribution in [0, 0.1) is 5.92 Å². The second kappa shape index (κ2) is 6.44. The molecule has 0 fully saturated rings. The minimum atomic E-state index is 0.652. The normalized spacial score (nSPS) is 12.0. The first kappa shape index (κ1) is 11.9. The van der Waals surface area contributed by atoms with Gasteiger partial charge in [0.05, 0.1) is 0 Å². The summed E-state index contributed by atoms with van der Waals surface area (Å²) < 4.78 is 0. The van der Waals surface area contributed by atoms with Gasteiger partial charge >= 0.3 is 0 Å². The summed E-state index contributed by atoms with van der Waals surface area (Å²) in [4.78, 5) is 2.50. The van der Waals surface area contributed by atoms with E-state index in [1.54, 1.807) is 0 Å². The summed E-state index contributed by atoms with van der Waals surface area (Å²) in [6, 6.07) is 0.652. The van der Waals surface area contributed by atoms with Crippen molar-refractivity contribution in [1.82, 2.24) is 4.90 Å². The monoisotopic (exact) mass is 172 g/mol. The molecule has 0 aliphatic heterocycles. The van der Waals surface area contributed by atoms with E-state index >= 15 is 0 Å². The molecule has 74 valence electrons. The Kier molecular flexibility index (Phi) is 6.39. The smallest absolute Gasteiger partial charge is 0.00387 e. The van der Waals surface area contributed by atoms with Crippen molar-refractivity contribution in [3.8, 4) is 0 Å². The third-order valence-corrected chi connectivity index (χ3v) is 1.98. The fourth-order valence-corrected chi connectivity index (χ4v) is 1.32. The standard InChI is InChI=1S/C10H24N2/c1-9(2)8-12(10(3)4)7-5-6-11/h9-10H,5-8,11H2,1-4H3. The Morgan fingerprint density at radius 3 is 2.08 bits per heavy atom. The summed E-state index contributed by atoms with van der Waals surface area (Å²) in [5.74, 6) is 0.755.